The Labute approximate surface area is 360 Å². The van der Waals surface area contributed by atoms with E-state index in [1.165, 1.54) is 19.3 Å². The molecule has 0 aromatic heterocycles. The Morgan fingerprint density at radius 1 is 0.610 bits per heavy atom. The number of carbonyl (C=O) groups excluding carboxylic acids is 1. The molecule has 59 heavy (non-hydrogen) atoms. The number of amides is 1. The van der Waals surface area contributed by atoms with Gasteiger partial charge in [0.25, 0.3) is 0 Å². The molecule has 0 bridgehead atoms. The molecule has 0 radical (unpaired) electrons. The van der Waals surface area contributed by atoms with E-state index in [4.69, 9.17) is 9.05 Å². The van der Waals surface area contributed by atoms with E-state index in [1.807, 2.05) is 27.2 Å². The summed E-state index contributed by atoms with van der Waals surface area (Å²) in [7, 11) is 1.35. The quantitative estimate of drug-likeness (QED) is 0.0211. The first kappa shape index (κ1) is 56.1. The van der Waals surface area contributed by atoms with Gasteiger partial charge in [-0.05, 0) is 103 Å². The molecule has 0 saturated carbocycles. The number of unbranched alkanes of at least 4 members (excludes halogenated alkanes) is 6. The monoisotopic (exact) mass is 844 g/mol. The van der Waals surface area contributed by atoms with Crippen LogP contribution >= 0.6 is 7.82 Å². The molecular weight excluding hydrogens is 760 g/mol. The first-order valence-electron chi connectivity index (χ1n) is 22.3. The van der Waals surface area contributed by atoms with Crippen molar-refractivity contribution in [1.82, 2.24) is 5.32 Å². The van der Waals surface area contributed by atoms with Gasteiger partial charge >= 0.3 is 7.82 Å². The highest BCUT2D eigenvalue weighted by Gasteiger charge is 2.31. The van der Waals surface area contributed by atoms with Crippen molar-refractivity contribution in [1.29, 1.82) is 0 Å². The molecular formula is C49H84N2O7P+. The van der Waals surface area contributed by atoms with Crippen LogP contribution < -0.4 is 5.32 Å². The van der Waals surface area contributed by atoms with Gasteiger partial charge in [0.2, 0.25) is 5.91 Å². The van der Waals surface area contributed by atoms with Crippen molar-refractivity contribution in [2.24, 2.45) is 0 Å². The minimum absolute atomic E-state index is 0.00411. The van der Waals surface area contributed by atoms with E-state index in [0.717, 1.165) is 70.6 Å². The highest BCUT2D eigenvalue weighted by molar-refractivity contribution is 7.47. The average Bonchev–Trinajstić information content (AvgIpc) is 3.19. The fourth-order valence-electron chi connectivity index (χ4n) is 5.50. The van der Waals surface area contributed by atoms with Crippen molar-refractivity contribution in [2.75, 3.05) is 40.9 Å². The Morgan fingerprint density at radius 3 is 1.54 bits per heavy atom. The molecule has 9 nitrogen and oxygen atoms in total. The second kappa shape index (κ2) is 39.3. The number of rotatable bonds is 38. The molecule has 0 heterocycles. The third-order valence-corrected chi connectivity index (χ3v) is 10.1. The minimum Gasteiger partial charge on any atom is -0.390 e. The van der Waals surface area contributed by atoms with Gasteiger partial charge < -0.3 is 24.9 Å². The standard InChI is InChI=1S/C49H83N2O7P/c1-6-8-10-12-14-16-18-20-21-22-23-24-25-26-27-28-29-30-32-34-36-38-40-42-48(53)50-46(45-58-59(55,56)57-44-43-51(3,4)5)49(54)47(52)41-39-37-35-33-31-19-17-15-13-11-9-7-2/h8,10,14-17,20-21,23-24,26-27,29-30,33-36,46-47,49,52,54H,6-7,9,11-13,18-19,22,25,28,31-32,37-45H2,1-5H3,(H-,50,53,55,56)/p+1/b10-8-,16-14-,17-15+,21-20-,24-23-,27-26-,30-29-,35-33+,36-34-. The Hall–Kier alpha value is -2.88. The summed E-state index contributed by atoms with van der Waals surface area (Å²) in [5, 5.41) is 24.6. The van der Waals surface area contributed by atoms with Crippen LogP contribution in [0.15, 0.2) is 109 Å². The van der Waals surface area contributed by atoms with Gasteiger partial charge in [-0.1, -0.05) is 136 Å². The fourth-order valence-corrected chi connectivity index (χ4v) is 6.23. The van der Waals surface area contributed by atoms with Crippen LogP contribution in [-0.2, 0) is 18.4 Å². The maximum absolute atomic E-state index is 12.9. The van der Waals surface area contributed by atoms with E-state index < -0.39 is 32.7 Å². The maximum atomic E-state index is 12.9. The molecule has 0 spiro atoms. The predicted molar refractivity (Wildman–Crippen MR) is 250 cm³/mol. The number of nitrogens with one attached hydrogen (secondary N) is 1. The van der Waals surface area contributed by atoms with Crippen LogP contribution in [0.5, 0.6) is 0 Å². The molecule has 0 aromatic carbocycles. The van der Waals surface area contributed by atoms with Gasteiger partial charge in [0.05, 0.1) is 39.9 Å². The number of aliphatic hydroxyl groups is 2. The van der Waals surface area contributed by atoms with Gasteiger partial charge in [-0.2, -0.15) is 0 Å². The second-order valence-electron chi connectivity index (χ2n) is 15.8. The molecule has 4 atom stereocenters. The van der Waals surface area contributed by atoms with E-state index in [1.54, 1.807) is 0 Å². The van der Waals surface area contributed by atoms with Crippen LogP contribution in [-0.4, -0.2) is 84.6 Å². The zero-order valence-corrected chi connectivity index (χ0v) is 38.4. The van der Waals surface area contributed by atoms with Gasteiger partial charge in [-0.25, -0.2) is 4.57 Å². The van der Waals surface area contributed by atoms with Gasteiger partial charge in [-0.15, -0.1) is 0 Å². The molecule has 4 N–H and O–H groups in total. The molecule has 10 heteroatoms. The average molecular weight is 844 g/mol. The Bertz CT molecular complexity index is 1340. The Morgan fingerprint density at radius 2 is 1.05 bits per heavy atom. The van der Waals surface area contributed by atoms with E-state index in [2.05, 4.69) is 122 Å². The molecule has 4 unspecified atom stereocenters. The first-order chi connectivity index (χ1) is 28.4. The van der Waals surface area contributed by atoms with Crippen molar-refractivity contribution in [3.05, 3.63) is 109 Å². The van der Waals surface area contributed by atoms with E-state index in [-0.39, 0.29) is 18.9 Å². The van der Waals surface area contributed by atoms with Crippen molar-refractivity contribution in [3.8, 4) is 0 Å². The SMILES string of the molecule is CC/C=C\C/C=C\C/C=C\C/C=C\C/C=C\C/C=C\C/C=C\CCCC(=O)NC(COP(=O)(O)OCC[N+](C)(C)C)C(O)C(O)CCC/C=C/CC/C=C/CCCCC. The molecule has 0 fully saturated rings. The summed E-state index contributed by atoms with van der Waals surface area (Å²) in [6, 6.07) is -1.09. The maximum Gasteiger partial charge on any atom is 0.472 e. The number of phosphoric acid groups is 1. The van der Waals surface area contributed by atoms with E-state index in [0.29, 0.717) is 36.7 Å². The fraction of sp³-hybridized carbons (Fsp3) is 0.612. The number of aliphatic hydroxyl groups excluding tert-OH is 2. The van der Waals surface area contributed by atoms with Crippen molar-refractivity contribution >= 4 is 13.7 Å². The lowest BCUT2D eigenvalue weighted by atomic mass is 10.0. The summed E-state index contributed by atoms with van der Waals surface area (Å²) in [6.45, 7) is 4.34. The molecule has 0 aliphatic carbocycles. The largest absolute Gasteiger partial charge is 0.472 e. The Balaban J connectivity index is 4.65. The number of phosphoric ester groups is 1. The van der Waals surface area contributed by atoms with E-state index in [9.17, 15) is 24.5 Å². The number of likely N-dealkylation sites (N-methyl/N-ethyl adjacent to an activating group) is 1. The molecule has 1 amide bonds. The topological polar surface area (TPSA) is 125 Å². The van der Waals surface area contributed by atoms with Gasteiger partial charge in [0, 0.05) is 6.42 Å². The summed E-state index contributed by atoms with van der Waals surface area (Å²) in [5.74, 6) is -0.337. The number of carbonyl (C=O) groups is 1. The van der Waals surface area contributed by atoms with Gasteiger partial charge in [-0.3, -0.25) is 13.8 Å². The van der Waals surface area contributed by atoms with Crippen LogP contribution in [0.2, 0.25) is 0 Å². The summed E-state index contributed by atoms with van der Waals surface area (Å²) in [6.07, 6.45) is 53.1. The van der Waals surface area contributed by atoms with Crippen LogP contribution in [0, 0.1) is 0 Å². The third-order valence-electron chi connectivity index (χ3n) is 9.07. The van der Waals surface area contributed by atoms with Crippen LogP contribution in [0.3, 0.4) is 0 Å². The summed E-state index contributed by atoms with van der Waals surface area (Å²) in [5.41, 5.74) is 0. The van der Waals surface area contributed by atoms with E-state index >= 15 is 0 Å². The molecule has 0 aromatic rings. The predicted octanol–water partition coefficient (Wildman–Crippen LogP) is 11.5. The molecule has 0 aliphatic rings. The van der Waals surface area contributed by atoms with Gasteiger partial charge in [0.15, 0.2) is 0 Å². The molecule has 0 saturated heterocycles. The van der Waals surface area contributed by atoms with Crippen molar-refractivity contribution in [3.63, 3.8) is 0 Å². The number of quaternary nitrogens is 1. The molecule has 0 rings (SSSR count). The smallest absolute Gasteiger partial charge is 0.390 e. The lowest BCUT2D eigenvalue weighted by molar-refractivity contribution is -0.870. The highest BCUT2D eigenvalue weighted by Crippen LogP contribution is 2.43. The van der Waals surface area contributed by atoms with Crippen LogP contribution in [0.1, 0.15) is 136 Å². The lowest BCUT2D eigenvalue weighted by Crippen LogP contribution is -2.51. The molecule has 336 valence electrons. The second-order valence-corrected chi connectivity index (χ2v) is 17.3. The number of allylic oxidation sites excluding steroid dienone is 18. The number of nitrogens with zero attached hydrogens (tertiary/aromatic N) is 1. The summed E-state index contributed by atoms with van der Waals surface area (Å²) in [4.78, 5) is 23.1. The third kappa shape index (κ3) is 40.3. The number of hydrogen-bond acceptors (Lipinski definition) is 6. The first-order valence-corrected chi connectivity index (χ1v) is 23.8. The summed E-state index contributed by atoms with van der Waals surface area (Å²) >= 11 is 0. The number of hydrogen-bond donors (Lipinski definition) is 4. The zero-order chi connectivity index (χ0) is 43.7. The highest BCUT2D eigenvalue weighted by atomic mass is 31.2. The minimum atomic E-state index is -4.45. The van der Waals surface area contributed by atoms with Crippen molar-refractivity contribution in [2.45, 2.75) is 154 Å². The Kier molecular flexibility index (Phi) is 37.4. The summed E-state index contributed by atoms with van der Waals surface area (Å²) < 4.78 is 23.4. The van der Waals surface area contributed by atoms with Crippen LogP contribution in [0.4, 0.5) is 0 Å². The normalized spacial score (nSPS) is 15.9. The van der Waals surface area contributed by atoms with Crippen LogP contribution in [0.25, 0.3) is 0 Å². The lowest BCUT2D eigenvalue weighted by Gasteiger charge is -2.28. The van der Waals surface area contributed by atoms with Crippen molar-refractivity contribution < 1.29 is 38.0 Å². The zero-order valence-electron chi connectivity index (χ0n) is 37.5. The molecule has 0 aliphatic heterocycles. The van der Waals surface area contributed by atoms with Gasteiger partial charge in [0.1, 0.15) is 19.3 Å².